The molecule has 0 saturated heterocycles. The van der Waals surface area contributed by atoms with E-state index in [1.54, 1.807) is 11.4 Å². The van der Waals surface area contributed by atoms with Gasteiger partial charge < -0.3 is 5.11 Å². The number of aromatic carboxylic acids is 1. The van der Waals surface area contributed by atoms with Gasteiger partial charge in [0.2, 0.25) is 0 Å². The predicted molar refractivity (Wildman–Crippen MR) is 40.6 cm³/mol. The van der Waals surface area contributed by atoms with Gasteiger partial charge >= 0.3 is 5.97 Å². The number of carboxylic acids is 1. The molecule has 1 unspecified atom stereocenters. The lowest BCUT2D eigenvalue weighted by atomic mass is 10.5. The molecule has 0 bridgehead atoms. The maximum Gasteiger partial charge on any atom is 0.346 e. The highest BCUT2D eigenvalue weighted by Crippen LogP contribution is 2.08. The molecule has 0 aliphatic rings. The lowest BCUT2D eigenvalue weighted by molar-refractivity contribution is 0.0703. The van der Waals surface area contributed by atoms with E-state index in [0.29, 0.717) is 4.88 Å². The van der Waals surface area contributed by atoms with Crippen molar-refractivity contribution < 1.29 is 9.90 Å². The Hall–Kier alpha value is -0.400. The van der Waals surface area contributed by atoms with E-state index in [-0.39, 0.29) is 0 Å². The summed E-state index contributed by atoms with van der Waals surface area (Å²) in [5.74, 6) is -0.852. The molecule has 0 radical (unpaired) electrons. The molecule has 2 nitrogen and oxygen atoms in total. The second-order valence-electron chi connectivity index (χ2n) is 1.51. The third kappa shape index (κ3) is 1.29. The van der Waals surface area contributed by atoms with Crippen molar-refractivity contribution in [2.24, 2.45) is 0 Å². The molecule has 0 saturated carbocycles. The summed E-state index contributed by atoms with van der Waals surface area (Å²) in [5, 5.41) is 11.0. The summed E-state index contributed by atoms with van der Waals surface area (Å²) >= 11 is 1.24. The normalized spacial score (nSPS) is 9.44. The molecule has 1 aromatic heterocycles. The molecule has 0 spiro atoms. The van der Waals surface area contributed by atoms with E-state index in [4.69, 9.17) is 5.11 Å². The van der Waals surface area contributed by atoms with Crippen LogP contribution in [0.15, 0.2) is 11.4 Å². The van der Waals surface area contributed by atoms with Crippen molar-refractivity contribution >= 4 is 31.9 Å². The quantitative estimate of drug-likeness (QED) is 0.621. The van der Waals surface area contributed by atoms with Crippen LogP contribution < -0.4 is 5.30 Å². The zero-order valence-corrected chi connectivity index (χ0v) is 6.47. The topological polar surface area (TPSA) is 37.3 Å². The van der Waals surface area contributed by atoms with Gasteiger partial charge in [0.05, 0.1) is 0 Å². The fourth-order valence-corrected chi connectivity index (χ4v) is 1.71. The fraction of sp³-hybridized carbons (Fsp3) is 0. The monoisotopic (exact) mass is 160 g/mol. The van der Waals surface area contributed by atoms with Crippen molar-refractivity contribution in [2.75, 3.05) is 0 Å². The maximum absolute atomic E-state index is 10.3. The first-order valence-corrected chi connectivity index (χ1v) is 3.74. The minimum absolute atomic E-state index is 0.403. The number of hydrogen-bond acceptors (Lipinski definition) is 2. The van der Waals surface area contributed by atoms with Gasteiger partial charge in [-0.15, -0.1) is 20.6 Å². The number of thiophene rings is 1. The Labute approximate surface area is 58.7 Å². The summed E-state index contributed by atoms with van der Waals surface area (Å²) in [7, 11) is 2.37. The van der Waals surface area contributed by atoms with Crippen LogP contribution >= 0.6 is 20.6 Å². The van der Waals surface area contributed by atoms with E-state index < -0.39 is 5.97 Å². The molecular weight excluding hydrogens is 155 g/mol. The fourth-order valence-electron chi connectivity index (χ4n) is 0.493. The average Bonchev–Trinajstić information content (AvgIpc) is 2.13. The van der Waals surface area contributed by atoms with Crippen LogP contribution in [0.1, 0.15) is 9.67 Å². The first-order chi connectivity index (χ1) is 4.22. The van der Waals surface area contributed by atoms with Crippen molar-refractivity contribution in [2.45, 2.75) is 0 Å². The Bertz CT molecular complexity index is 231. The van der Waals surface area contributed by atoms with Crippen molar-refractivity contribution in [1.29, 1.82) is 0 Å². The summed E-state index contributed by atoms with van der Waals surface area (Å²) < 4.78 is 0. The maximum atomic E-state index is 10.3. The predicted octanol–water partition coefficient (Wildman–Crippen LogP) is 0.947. The lowest BCUT2D eigenvalue weighted by Gasteiger charge is -1.86. The molecule has 0 fully saturated rings. The molecule has 1 heterocycles. The zero-order chi connectivity index (χ0) is 6.85. The number of rotatable bonds is 1. The minimum Gasteiger partial charge on any atom is -0.477 e. The Morgan fingerprint density at radius 1 is 1.78 bits per heavy atom. The van der Waals surface area contributed by atoms with Crippen molar-refractivity contribution in [3.8, 4) is 0 Å². The van der Waals surface area contributed by atoms with Crippen molar-refractivity contribution in [3.63, 3.8) is 0 Å². The second kappa shape index (κ2) is 2.46. The summed E-state index contributed by atoms with van der Waals surface area (Å²) in [4.78, 5) is 10.7. The summed E-state index contributed by atoms with van der Waals surface area (Å²) in [6.07, 6.45) is 0. The molecule has 0 aliphatic heterocycles. The van der Waals surface area contributed by atoms with E-state index in [0.717, 1.165) is 5.30 Å². The van der Waals surface area contributed by atoms with Gasteiger partial charge in [0.1, 0.15) is 4.88 Å². The van der Waals surface area contributed by atoms with E-state index in [9.17, 15) is 4.79 Å². The van der Waals surface area contributed by atoms with Crippen LogP contribution in [0, 0.1) is 0 Å². The first-order valence-electron chi connectivity index (χ1n) is 2.28. The number of hydrogen-bond donors (Lipinski definition) is 1. The van der Waals surface area contributed by atoms with Crippen LogP contribution in [-0.4, -0.2) is 11.1 Å². The molecule has 1 N–H and O–H groups in total. The van der Waals surface area contributed by atoms with Gasteiger partial charge in [0.15, 0.2) is 0 Å². The van der Waals surface area contributed by atoms with E-state index >= 15 is 0 Å². The van der Waals surface area contributed by atoms with Crippen molar-refractivity contribution in [3.05, 3.63) is 16.3 Å². The van der Waals surface area contributed by atoms with E-state index in [2.05, 4.69) is 9.24 Å². The van der Waals surface area contributed by atoms with Gasteiger partial charge in [-0.2, -0.15) is 0 Å². The van der Waals surface area contributed by atoms with Crippen LogP contribution in [0.25, 0.3) is 0 Å². The van der Waals surface area contributed by atoms with Gasteiger partial charge in [0.25, 0.3) is 0 Å². The van der Waals surface area contributed by atoms with Crippen LogP contribution in [0.4, 0.5) is 0 Å². The largest absolute Gasteiger partial charge is 0.477 e. The Kier molecular flexibility index (Phi) is 1.84. The third-order valence-electron chi connectivity index (χ3n) is 0.890. The lowest BCUT2D eigenvalue weighted by Crippen LogP contribution is -2.02. The SMILES string of the molecule is O=C(O)c1sccc1P. The van der Waals surface area contributed by atoms with Crippen LogP contribution in [0.5, 0.6) is 0 Å². The molecule has 0 aromatic carbocycles. The minimum atomic E-state index is -0.852. The highest BCUT2D eigenvalue weighted by atomic mass is 32.1. The smallest absolute Gasteiger partial charge is 0.346 e. The summed E-state index contributed by atoms with van der Waals surface area (Å²) in [5.41, 5.74) is 0. The van der Waals surface area contributed by atoms with E-state index in [1.165, 1.54) is 11.3 Å². The number of carbonyl (C=O) groups is 1. The molecular formula is C5H5O2PS. The van der Waals surface area contributed by atoms with Gasteiger partial charge in [0, 0.05) is 0 Å². The third-order valence-corrected chi connectivity index (χ3v) is 2.50. The molecule has 48 valence electrons. The second-order valence-corrected chi connectivity index (χ2v) is 3.05. The van der Waals surface area contributed by atoms with Gasteiger partial charge in [-0.25, -0.2) is 4.79 Å². The van der Waals surface area contributed by atoms with Gasteiger partial charge in [-0.1, -0.05) is 0 Å². The van der Waals surface area contributed by atoms with Crippen LogP contribution in [0.3, 0.4) is 0 Å². The van der Waals surface area contributed by atoms with Gasteiger partial charge in [-0.3, -0.25) is 0 Å². The Balaban J connectivity index is 3.08. The molecule has 9 heavy (non-hydrogen) atoms. The van der Waals surface area contributed by atoms with Gasteiger partial charge in [-0.05, 0) is 16.8 Å². The molecule has 1 rings (SSSR count). The summed E-state index contributed by atoms with van der Waals surface area (Å²) in [6.45, 7) is 0. The first kappa shape index (κ1) is 6.72. The average molecular weight is 160 g/mol. The molecule has 0 aliphatic carbocycles. The zero-order valence-electron chi connectivity index (χ0n) is 4.50. The van der Waals surface area contributed by atoms with E-state index in [1.807, 2.05) is 0 Å². The van der Waals surface area contributed by atoms with Crippen LogP contribution in [0.2, 0.25) is 0 Å². The van der Waals surface area contributed by atoms with Crippen molar-refractivity contribution in [1.82, 2.24) is 0 Å². The highest BCUT2D eigenvalue weighted by molar-refractivity contribution is 7.30. The number of carboxylic acid groups (broad SMARTS) is 1. The molecule has 4 heteroatoms. The standard InChI is InChI=1S/C5H5O2PS/c6-5(7)4-3(8)1-2-9-4/h1-2H,8H2,(H,6,7). The summed E-state index contributed by atoms with van der Waals surface area (Å²) in [6, 6.07) is 1.76. The highest BCUT2D eigenvalue weighted by Gasteiger charge is 2.06. The molecule has 0 amide bonds. The van der Waals surface area contributed by atoms with Crippen LogP contribution in [-0.2, 0) is 0 Å². The molecule has 1 aromatic rings. The Morgan fingerprint density at radius 3 is 2.67 bits per heavy atom. The molecule has 1 atom stereocenters. The Morgan fingerprint density at radius 2 is 2.44 bits per heavy atom.